The van der Waals surface area contributed by atoms with Gasteiger partial charge in [-0.15, -0.1) is 12.4 Å². The largest absolute Gasteiger partial charge is 0.335 e. The maximum absolute atomic E-state index is 11.7. The van der Waals surface area contributed by atoms with E-state index in [-0.39, 0.29) is 18.4 Å². The Labute approximate surface area is 97.2 Å². The topological polar surface area (TPSA) is 44.4 Å². The summed E-state index contributed by atoms with van der Waals surface area (Å²) in [6, 6.07) is 1.00. The van der Waals surface area contributed by atoms with E-state index in [2.05, 4.69) is 10.6 Å². The first-order chi connectivity index (χ1) is 6.77. The molecule has 0 aromatic carbocycles. The molecule has 2 fully saturated rings. The minimum Gasteiger partial charge on any atom is -0.335 e. The molecule has 15 heavy (non-hydrogen) atoms. The van der Waals surface area contributed by atoms with Crippen LogP contribution in [0.5, 0.6) is 0 Å². The van der Waals surface area contributed by atoms with Crippen molar-refractivity contribution in [2.75, 3.05) is 20.1 Å². The maximum atomic E-state index is 11.7. The number of piperidine rings is 1. The van der Waals surface area contributed by atoms with E-state index < -0.39 is 0 Å². The quantitative estimate of drug-likeness (QED) is 0.747. The Morgan fingerprint density at radius 2 is 1.87 bits per heavy atom. The van der Waals surface area contributed by atoms with Crippen LogP contribution in [-0.2, 0) is 0 Å². The van der Waals surface area contributed by atoms with Gasteiger partial charge in [-0.2, -0.15) is 0 Å². The fourth-order valence-electron chi connectivity index (χ4n) is 1.86. The normalized spacial score (nSPS) is 21.7. The molecular weight excluding hydrogens is 214 g/mol. The van der Waals surface area contributed by atoms with Crippen LogP contribution in [0.4, 0.5) is 4.79 Å². The highest BCUT2D eigenvalue weighted by atomic mass is 35.5. The van der Waals surface area contributed by atoms with Gasteiger partial charge in [-0.1, -0.05) is 0 Å². The lowest BCUT2D eigenvalue weighted by molar-refractivity contribution is 0.176. The van der Waals surface area contributed by atoms with Gasteiger partial charge in [-0.05, 0) is 38.8 Å². The number of nitrogens with one attached hydrogen (secondary N) is 2. The number of hydrogen-bond acceptors (Lipinski definition) is 2. The summed E-state index contributed by atoms with van der Waals surface area (Å²) in [7, 11) is 1.91. The Kier molecular flexibility index (Phi) is 4.67. The molecule has 0 bridgehead atoms. The molecule has 0 aromatic rings. The Hall–Kier alpha value is -0.480. The molecule has 1 aliphatic heterocycles. The van der Waals surface area contributed by atoms with Crippen molar-refractivity contribution < 1.29 is 4.79 Å². The molecule has 2 rings (SSSR count). The first-order valence-corrected chi connectivity index (χ1v) is 5.51. The van der Waals surface area contributed by atoms with Crippen LogP contribution in [0.3, 0.4) is 0 Å². The molecule has 2 N–H and O–H groups in total. The van der Waals surface area contributed by atoms with Gasteiger partial charge in [-0.25, -0.2) is 4.79 Å². The monoisotopic (exact) mass is 233 g/mol. The van der Waals surface area contributed by atoms with E-state index in [0.29, 0.717) is 12.1 Å². The Morgan fingerprint density at radius 1 is 1.27 bits per heavy atom. The molecule has 1 saturated carbocycles. The maximum Gasteiger partial charge on any atom is 0.317 e. The third-order valence-corrected chi connectivity index (χ3v) is 3.08. The Morgan fingerprint density at radius 3 is 2.40 bits per heavy atom. The van der Waals surface area contributed by atoms with Gasteiger partial charge in [0.1, 0.15) is 0 Å². The first-order valence-electron chi connectivity index (χ1n) is 5.51. The summed E-state index contributed by atoms with van der Waals surface area (Å²) >= 11 is 0. The van der Waals surface area contributed by atoms with Crippen LogP contribution in [0, 0.1) is 0 Å². The molecule has 1 aliphatic carbocycles. The molecule has 1 saturated heterocycles. The van der Waals surface area contributed by atoms with Gasteiger partial charge < -0.3 is 15.5 Å². The lowest BCUT2D eigenvalue weighted by Gasteiger charge is -2.31. The van der Waals surface area contributed by atoms with E-state index in [1.54, 1.807) is 0 Å². The predicted octanol–water partition coefficient (Wildman–Crippen LogP) is 0.964. The Bertz CT molecular complexity index is 215. The minimum atomic E-state index is 0. The number of urea groups is 1. The van der Waals surface area contributed by atoms with E-state index in [9.17, 15) is 4.79 Å². The van der Waals surface area contributed by atoms with Gasteiger partial charge in [-0.3, -0.25) is 0 Å². The van der Waals surface area contributed by atoms with Crippen molar-refractivity contribution in [3.05, 3.63) is 0 Å². The number of halogens is 1. The van der Waals surface area contributed by atoms with Crippen molar-refractivity contribution in [2.24, 2.45) is 0 Å². The highest BCUT2D eigenvalue weighted by Gasteiger charge is 2.27. The van der Waals surface area contributed by atoms with Crippen molar-refractivity contribution in [1.29, 1.82) is 0 Å². The fraction of sp³-hybridized carbons (Fsp3) is 0.900. The van der Waals surface area contributed by atoms with E-state index in [1.807, 2.05) is 11.9 Å². The molecule has 2 amide bonds. The van der Waals surface area contributed by atoms with Crippen LogP contribution in [0.15, 0.2) is 0 Å². The fourth-order valence-corrected chi connectivity index (χ4v) is 1.86. The summed E-state index contributed by atoms with van der Waals surface area (Å²) in [5, 5.41) is 6.32. The zero-order chi connectivity index (χ0) is 9.97. The Balaban J connectivity index is 0.00000112. The second kappa shape index (κ2) is 5.56. The van der Waals surface area contributed by atoms with E-state index in [1.165, 1.54) is 0 Å². The lowest BCUT2D eigenvalue weighted by Crippen LogP contribution is -2.48. The van der Waals surface area contributed by atoms with Crippen molar-refractivity contribution in [3.8, 4) is 0 Å². The van der Waals surface area contributed by atoms with Crippen LogP contribution in [0.1, 0.15) is 25.7 Å². The third-order valence-electron chi connectivity index (χ3n) is 3.08. The molecule has 0 atom stereocenters. The predicted molar refractivity (Wildman–Crippen MR) is 62.5 cm³/mol. The standard InChI is InChI=1S/C10H19N3O.ClH/c1-13(9-4-6-11-7-5-9)10(14)12-8-2-3-8;/h8-9,11H,2-7H2,1H3,(H,12,14);1H. The molecule has 1 heterocycles. The summed E-state index contributed by atoms with van der Waals surface area (Å²) in [6.45, 7) is 2.07. The zero-order valence-electron chi connectivity index (χ0n) is 9.16. The van der Waals surface area contributed by atoms with Crippen molar-refractivity contribution in [1.82, 2.24) is 15.5 Å². The van der Waals surface area contributed by atoms with E-state index in [0.717, 1.165) is 38.8 Å². The zero-order valence-corrected chi connectivity index (χ0v) is 9.98. The molecule has 0 aromatic heterocycles. The van der Waals surface area contributed by atoms with Crippen molar-refractivity contribution in [2.45, 2.75) is 37.8 Å². The van der Waals surface area contributed by atoms with E-state index >= 15 is 0 Å². The third kappa shape index (κ3) is 3.54. The van der Waals surface area contributed by atoms with Crippen LogP contribution in [0.2, 0.25) is 0 Å². The van der Waals surface area contributed by atoms with Gasteiger partial charge in [0.25, 0.3) is 0 Å². The van der Waals surface area contributed by atoms with Gasteiger partial charge in [0.05, 0.1) is 0 Å². The van der Waals surface area contributed by atoms with Gasteiger partial charge in [0.15, 0.2) is 0 Å². The van der Waals surface area contributed by atoms with Gasteiger partial charge in [0.2, 0.25) is 0 Å². The lowest BCUT2D eigenvalue weighted by atomic mass is 10.1. The number of carbonyl (C=O) groups is 1. The summed E-state index contributed by atoms with van der Waals surface area (Å²) in [4.78, 5) is 13.6. The summed E-state index contributed by atoms with van der Waals surface area (Å²) in [5.41, 5.74) is 0. The number of rotatable bonds is 2. The van der Waals surface area contributed by atoms with Gasteiger partial charge >= 0.3 is 6.03 Å². The average molecular weight is 234 g/mol. The van der Waals surface area contributed by atoms with Gasteiger partial charge in [0, 0.05) is 19.1 Å². The summed E-state index contributed by atoms with van der Waals surface area (Å²) < 4.78 is 0. The van der Waals surface area contributed by atoms with Crippen molar-refractivity contribution in [3.63, 3.8) is 0 Å². The molecule has 88 valence electrons. The highest BCUT2D eigenvalue weighted by Crippen LogP contribution is 2.19. The number of carbonyl (C=O) groups excluding carboxylic acids is 1. The molecule has 0 radical (unpaired) electrons. The number of nitrogens with zero attached hydrogens (tertiary/aromatic N) is 1. The first kappa shape index (κ1) is 12.6. The summed E-state index contributed by atoms with van der Waals surface area (Å²) in [5.74, 6) is 0. The smallest absolute Gasteiger partial charge is 0.317 e. The van der Waals surface area contributed by atoms with Crippen LogP contribution in [0.25, 0.3) is 0 Å². The van der Waals surface area contributed by atoms with Crippen LogP contribution < -0.4 is 10.6 Å². The summed E-state index contributed by atoms with van der Waals surface area (Å²) in [6.07, 6.45) is 4.47. The molecule has 0 spiro atoms. The van der Waals surface area contributed by atoms with E-state index in [4.69, 9.17) is 0 Å². The number of hydrogen-bond donors (Lipinski definition) is 2. The van der Waals surface area contributed by atoms with Crippen LogP contribution in [-0.4, -0.2) is 43.2 Å². The minimum absolute atomic E-state index is 0. The molecule has 0 unspecified atom stereocenters. The van der Waals surface area contributed by atoms with Crippen LogP contribution >= 0.6 is 12.4 Å². The molecule has 4 nitrogen and oxygen atoms in total. The highest BCUT2D eigenvalue weighted by molar-refractivity contribution is 5.85. The second-order valence-electron chi connectivity index (χ2n) is 4.32. The van der Waals surface area contributed by atoms with Crippen molar-refractivity contribution >= 4 is 18.4 Å². The second-order valence-corrected chi connectivity index (χ2v) is 4.32. The molecule has 5 heteroatoms. The number of amides is 2. The molecular formula is C10H20ClN3O. The average Bonchev–Trinajstić information content (AvgIpc) is 3.02. The molecule has 2 aliphatic rings. The SMILES string of the molecule is CN(C(=O)NC1CC1)C1CCNCC1.Cl.